The normalized spacial score (nSPS) is 10.8. The van der Waals surface area contributed by atoms with Gasteiger partial charge >= 0.3 is 0 Å². The number of carbonyl (C=O) groups excluding carboxylic acids is 1. The van der Waals surface area contributed by atoms with Crippen molar-refractivity contribution in [3.05, 3.63) is 47.5 Å². The minimum Gasteiger partial charge on any atom is -0.490 e. The summed E-state index contributed by atoms with van der Waals surface area (Å²) in [6.45, 7) is 4.58. The molecule has 0 unspecified atom stereocenters. The molecule has 3 aromatic rings. The SMILES string of the molecule is CCOc1ccc(C(=O)Nc2nc3c(F)cc(F)cc3s2)cc1OCC. The van der Waals surface area contributed by atoms with E-state index in [0.717, 1.165) is 17.4 Å². The number of ether oxygens (including phenoxy) is 2. The average Bonchev–Trinajstić information content (AvgIpc) is 2.99. The predicted molar refractivity (Wildman–Crippen MR) is 96.3 cm³/mol. The average molecular weight is 378 g/mol. The fourth-order valence-electron chi connectivity index (χ4n) is 2.37. The van der Waals surface area contributed by atoms with Crippen molar-refractivity contribution in [2.45, 2.75) is 13.8 Å². The third-order valence-electron chi connectivity index (χ3n) is 3.44. The lowest BCUT2D eigenvalue weighted by Crippen LogP contribution is -2.12. The van der Waals surface area contributed by atoms with Crippen LogP contribution in [-0.2, 0) is 0 Å². The lowest BCUT2D eigenvalue weighted by molar-refractivity contribution is 0.102. The van der Waals surface area contributed by atoms with Crippen LogP contribution in [0.4, 0.5) is 13.9 Å². The molecule has 0 saturated carbocycles. The second kappa shape index (κ2) is 7.65. The van der Waals surface area contributed by atoms with Crippen LogP contribution in [0.25, 0.3) is 10.2 Å². The van der Waals surface area contributed by atoms with Crippen LogP contribution in [0, 0.1) is 11.6 Å². The van der Waals surface area contributed by atoms with Gasteiger partial charge in [0.1, 0.15) is 11.3 Å². The van der Waals surface area contributed by atoms with Crippen molar-refractivity contribution < 1.29 is 23.0 Å². The van der Waals surface area contributed by atoms with Crippen LogP contribution in [0.15, 0.2) is 30.3 Å². The molecule has 136 valence electrons. The third kappa shape index (κ3) is 3.75. The fraction of sp³-hybridized carbons (Fsp3) is 0.222. The molecule has 8 heteroatoms. The van der Waals surface area contributed by atoms with E-state index < -0.39 is 17.5 Å². The van der Waals surface area contributed by atoms with Crippen molar-refractivity contribution in [2.75, 3.05) is 18.5 Å². The zero-order valence-electron chi connectivity index (χ0n) is 14.1. The topological polar surface area (TPSA) is 60.5 Å². The second-order valence-electron chi connectivity index (χ2n) is 5.24. The monoisotopic (exact) mass is 378 g/mol. The molecule has 26 heavy (non-hydrogen) atoms. The van der Waals surface area contributed by atoms with Crippen LogP contribution in [0.2, 0.25) is 0 Å². The Bertz CT molecular complexity index is 959. The van der Waals surface area contributed by atoms with E-state index in [4.69, 9.17) is 9.47 Å². The highest BCUT2D eigenvalue weighted by molar-refractivity contribution is 7.22. The largest absolute Gasteiger partial charge is 0.490 e. The van der Waals surface area contributed by atoms with E-state index in [1.54, 1.807) is 18.2 Å². The first-order chi connectivity index (χ1) is 12.5. The van der Waals surface area contributed by atoms with Gasteiger partial charge in [-0.2, -0.15) is 0 Å². The molecular formula is C18H16F2N2O3S. The van der Waals surface area contributed by atoms with Gasteiger partial charge in [0.15, 0.2) is 22.4 Å². The lowest BCUT2D eigenvalue weighted by Gasteiger charge is -2.12. The van der Waals surface area contributed by atoms with Crippen molar-refractivity contribution in [3.63, 3.8) is 0 Å². The molecule has 0 radical (unpaired) electrons. The van der Waals surface area contributed by atoms with E-state index in [2.05, 4.69) is 10.3 Å². The number of nitrogens with zero attached hydrogens (tertiary/aromatic N) is 1. The summed E-state index contributed by atoms with van der Waals surface area (Å²) < 4.78 is 38.3. The van der Waals surface area contributed by atoms with E-state index in [-0.39, 0.29) is 10.6 Å². The number of thiazole rings is 1. The number of nitrogens with one attached hydrogen (secondary N) is 1. The number of fused-ring (bicyclic) bond motifs is 1. The summed E-state index contributed by atoms with van der Waals surface area (Å²) in [5.74, 6) is -0.891. The molecule has 2 aromatic carbocycles. The van der Waals surface area contributed by atoms with E-state index >= 15 is 0 Å². The first kappa shape index (κ1) is 18.1. The van der Waals surface area contributed by atoms with Gasteiger partial charge in [-0.25, -0.2) is 13.8 Å². The van der Waals surface area contributed by atoms with Gasteiger partial charge in [0.25, 0.3) is 5.91 Å². The molecule has 0 aliphatic carbocycles. The fourth-order valence-corrected chi connectivity index (χ4v) is 3.27. The summed E-state index contributed by atoms with van der Waals surface area (Å²) in [7, 11) is 0. The Morgan fingerprint density at radius 1 is 1.12 bits per heavy atom. The number of carbonyl (C=O) groups is 1. The molecule has 0 bridgehead atoms. The maximum atomic E-state index is 13.7. The summed E-state index contributed by atoms with van der Waals surface area (Å²) in [6, 6.07) is 6.74. The summed E-state index contributed by atoms with van der Waals surface area (Å²) >= 11 is 0.995. The van der Waals surface area contributed by atoms with Gasteiger partial charge in [-0.15, -0.1) is 0 Å². The zero-order valence-corrected chi connectivity index (χ0v) is 15.0. The molecule has 0 fully saturated rings. The van der Waals surface area contributed by atoms with Crippen molar-refractivity contribution in [1.82, 2.24) is 4.98 Å². The summed E-state index contributed by atoms with van der Waals surface area (Å²) in [4.78, 5) is 16.5. The minimum atomic E-state index is -0.767. The van der Waals surface area contributed by atoms with Crippen LogP contribution in [0.3, 0.4) is 0 Å². The third-order valence-corrected chi connectivity index (χ3v) is 4.36. The molecule has 1 N–H and O–H groups in total. The van der Waals surface area contributed by atoms with Crippen LogP contribution >= 0.6 is 11.3 Å². The number of anilines is 1. The molecule has 1 aromatic heterocycles. The maximum Gasteiger partial charge on any atom is 0.257 e. The molecule has 0 aliphatic heterocycles. The van der Waals surface area contributed by atoms with Crippen molar-refractivity contribution in [1.29, 1.82) is 0 Å². The van der Waals surface area contributed by atoms with E-state index in [1.165, 1.54) is 6.07 Å². The summed E-state index contributed by atoms with van der Waals surface area (Å²) in [6.07, 6.45) is 0. The Labute approximate surface area is 152 Å². The number of benzene rings is 2. The predicted octanol–water partition coefficient (Wildman–Crippen LogP) is 4.62. The highest BCUT2D eigenvalue weighted by Gasteiger charge is 2.15. The first-order valence-corrected chi connectivity index (χ1v) is 8.80. The highest BCUT2D eigenvalue weighted by atomic mass is 32.1. The van der Waals surface area contributed by atoms with Crippen molar-refractivity contribution in [3.8, 4) is 11.5 Å². The van der Waals surface area contributed by atoms with Crippen LogP contribution in [0.5, 0.6) is 11.5 Å². The first-order valence-electron chi connectivity index (χ1n) is 7.98. The van der Waals surface area contributed by atoms with E-state index in [1.807, 2.05) is 13.8 Å². The van der Waals surface area contributed by atoms with Gasteiger partial charge in [0.05, 0.1) is 17.9 Å². The Hall–Kier alpha value is -2.74. The van der Waals surface area contributed by atoms with Crippen LogP contribution in [-0.4, -0.2) is 24.1 Å². The standard InChI is InChI=1S/C18H16F2N2O3S/c1-3-24-13-6-5-10(7-14(13)25-4-2)17(23)22-18-21-16-12(20)8-11(19)9-15(16)26-18/h5-9H,3-4H2,1-2H3,(H,21,22,23). The Morgan fingerprint density at radius 2 is 1.85 bits per heavy atom. The number of aromatic nitrogens is 1. The Balaban J connectivity index is 1.85. The highest BCUT2D eigenvalue weighted by Crippen LogP contribution is 2.31. The number of halogens is 2. The molecule has 3 rings (SSSR count). The Morgan fingerprint density at radius 3 is 2.58 bits per heavy atom. The second-order valence-corrected chi connectivity index (χ2v) is 6.27. The Kier molecular flexibility index (Phi) is 5.32. The summed E-state index contributed by atoms with van der Waals surface area (Å²) in [5.41, 5.74) is 0.358. The van der Waals surface area contributed by atoms with E-state index in [9.17, 15) is 13.6 Å². The summed E-state index contributed by atoms with van der Waals surface area (Å²) in [5, 5.41) is 2.78. The van der Waals surface area contributed by atoms with Gasteiger partial charge in [-0.05, 0) is 38.1 Å². The van der Waals surface area contributed by atoms with Gasteiger partial charge in [0.2, 0.25) is 0 Å². The number of hydrogen-bond donors (Lipinski definition) is 1. The molecular weight excluding hydrogens is 362 g/mol. The molecule has 0 aliphatic rings. The van der Waals surface area contributed by atoms with E-state index in [0.29, 0.717) is 35.0 Å². The van der Waals surface area contributed by atoms with Gasteiger partial charge in [-0.3, -0.25) is 10.1 Å². The molecule has 1 amide bonds. The van der Waals surface area contributed by atoms with Crippen LogP contribution in [0.1, 0.15) is 24.2 Å². The maximum absolute atomic E-state index is 13.7. The smallest absolute Gasteiger partial charge is 0.257 e. The molecule has 0 saturated heterocycles. The van der Waals surface area contributed by atoms with Gasteiger partial charge in [-0.1, -0.05) is 11.3 Å². The molecule has 0 atom stereocenters. The van der Waals surface area contributed by atoms with Gasteiger partial charge in [0, 0.05) is 11.6 Å². The molecule has 1 heterocycles. The quantitative estimate of drug-likeness (QED) is 0.680. The zero-order chi connectivity index (χ0) is 18.7. The number of hydrogen-bond acceptors (Lipinski definition) is 5. The molecule has 0 spiro atoms. The number of rotatable bonds is 6. The van der Waals surface area contributed by atoms with Crippen LogP contribution < -0.4 is 14.8 Å². The van der Waals surface area contributed by atoms with Gasteiger partial charge < -0.3 is 9.47 Å². The number of amides is 1. The minimum absolute atomic E-state index is 0.0217. The van der Waals surface area contributed by atoms with Crippen molar-refractivity contribution >= 4 is 32.6 Å². The lowest BCUT2D eigenvalue weighted by atomic mass is 10.2. The van der Waals surface area contributed by atoms with Crippen molar-refractivity contribution in [2.24, 2.45) is 0 Å². The molecule has 5 nitrogen and oxygen atoms in total.